The summed E-state index contributed by atoms with van der Waals surface area (Å²) in [6, 6.07) is 4.65. The Morgan fingerprint density at radius 3 is 2.92 bits per heavy atom. The van der Waals surface area contributed by atoms with Crippen LogP contribution >= 0.6 is 23.4 Å². The van der Waals surface area contributed by atoms with E-state index in [1.54, 1.807) is 18.2 Å². The van der Waals surface area contributed by atoms with Crippen molar-refractivity contribution in [3.8, 4) is 0 Å². The lowest BCUT2D eigenvalue weighted by molar-refractivity contribution is 0.603. The molecule has 0 bridgehead atoms. The average Bonchev–Trinajstić information content (AvgIpc) is 2.09. The van der Waals surface area contributed by atoms with Crippen LogP contribution in [0, 0.1) is 5.82 Å². The summed E-state index contributed by atoms with van der Waals surface area (Å²) in [4.78, 5) is 0.587. The summed E-state index contributed by atoms with van der Waals surface area (Å²) in [6.07, 6.45) is 1.75. The normalized spacial score (nSPS) is 10.9. The fraction of sp³-hybridized carbons (Fsp3) is 0.111. The lowest BCUT2D eigenvalue weighted by Crippen LogP contribution is -1.88. The SMILES string of the molecule is Nc1ccc(SC/C=C/Cl)c(F)c1. The second kappa shape index (κ2) is 5.14. The molecule has 0 aliphatic heterocycles. The molecule has 0 atom stereocenters. The van der Waals surface area contributed by atoms with Gasteiger partial charge in [-0.25, -0.2) is 4.39 Å². The number of hydrogen-bond donors (Lipinski definition) is 1. The van der Waals surface area contributed by atoms with Gasteiger partial charge in [0.1, 0.15) is 5.82 Å². The number of halogens is 2. The van der Waals surface area contributed by atoms with Crippen molar-refractivity contribution in [3.05, 3.63) is 35.6 Å². The molecule has 0 unspecified atom stereocenters. The average molecular weight is 218 g/mol. The van der Waals surface area contributed by atoms with E-state index in [2.05, 4.69) is 0 Å². The van der Waals surface area contributed by atoms with E-state index in [1.807, 2.05) is 0 Å². The predicted molar refractivity (Wildman–Crippen MR) is 56.5 cm³/mol. The van der Waals surface area contributed by atoms with Crippen LogP contribution in [0.25, 0.3) is 0 Å². The zero-order valence-corrected chi connectivity index (χ0v) is 8.41. The van der Waals surface area contributed by atoms with Gasteiger partial charge in [0.05, 0.1) is 0 Å². The molecule has 0 radical (unpaired) electrons. The van der Waals surface area contributed by atoms with E-state index in [0.717, 1.165) is 0 Å². The molecule has 0 saturated carbocycles. The Kier molecular flexibility index (Phi) is 4.12. The minimum Gasteiger partial charge on any atom is -0.399 e. The minimum absolute atomic E-state index is 0.284. The second-order valence-corrected chi connectivity index (χ2v) is 3.68. The van der Waals surface area contributed by atoms with Crippen molar-refractivity contribution in [2.75, 3.05) is 11.5 Å². The van der Waals surface area contributed by atoms with E-state index in [0.29, 0.717) is 16.3 Å². The van der Waals surface area contributed by atoms with Gasteiger partial charge in [0, 0.05) is 21.9 Å². The van der Waals surface area contributed by atoms with Crippen LogP contribution in [0.15, 0.2) is 34.7 Å². The predicted octanol–water partition coefficient (Wildman–Crippen LogP) is 3.25. The van der Waals surface area contributed by atoms with Crippen LogP contribution in [0.3, 0.4) is 0 Å². The maximum atomic E-state index is 13.1. The molecule has 0 aliphatic carbocycles. The molecular formula is C9H9ClFNS. The van der Waals surface area contributed by atoms with Gasteiger partial charge in [-0.15, -0.1) is 11.8 Å². The summed E-state index contributed by atoms with van der Waals surface area (Å²) in [6.45, 7) is 0. The zero-order chi connectivity index (χ0) is 9.68. The summed E-state index contributed by atoms with van der Waals surface area (Å²) in [5, 5.41) is 0. The van der Waals surface area contributed by atoms with Crippen LogP contribution in [0.1, 0.15) is 0 Å². The largest absolute Gasteiger partial charge is 0.399 e. The summed E-state index contributed by atoms with van der Waals surface area (Å²) >= 11 is 6.70. The zero-order valence-electron chi connectivity index (χ0n) is 6.84. The van der Waals surface area contributed by atoms with Gasteiger partial charge < -0.3 is 5.73 Å². The molecule has 70 valence electrons. The van der Waals surface area contributed by atoms with Crippen LogP contribution in [0.4, 0.5) is 10.1 Å². The third-order valence-electron chi connectivity index (χ3n) is 1.38. The first-order chi connectivity index (χ1) is 6.24. The van der Waals surface area contributed by atoms with Gasteiger partial charge in [-0.1, -0.05) is 17.7 Å². The molecule has 0 aromatic heterocycles. The van der Waals surface area contributed by atoms with E-state index in [-0.39, 0.29) is 5.82 Å². The topological polar surface area (TPSA) is 26.0 Å². The van der Waals surface area contributed by atoms with Crippen LogP contribution in [-0.2, 0) is 0 Å². The number of hydrogen-bond acceptors (Lipinski definition) is 2. The Morgan fingerprint density at radius 1 is 1.54 bits per heavy atom. The van der Waals surface area contributed by atoms with E-state index in [1.165, 1.54) is 23.4 Å². The van der Waals surface area contributed by atoms with E-state index in [4.69, 9.17) is 17.3 Å². The molecule has 0 spiro atoms. The van der Waals surface area contributed by atoms with Gasteiger partial charge in [-0.3, -0.25) is 0 Å². The molecule has 2 N–H and O–H groups in total. The van der Waals surface area contributed by atoms with Gasteiger partial charge in [-0.05, 0) is 18.2 Å². The van der Waals surface area contributed by atoms with E-state index in [9.17, 15) is 4.39 Å². The fourth-order valence-corrected chi connectivity index (χ4v) is 1.74. The summed E-state index contributed by atoms with van der Waals surface area (Å²) in [5.41, 5.74) is 7.26. The number of rotatable bonds is 3. The Labute approximate surface area is 85.8 Å². The quantitative estimate of drug-likeness (QED) is 0.621. The van der Waals surface area contributed by atoms with Crippen LogP contribution in [0.2, 0.25) is 0 Å². The highest BCUT2D eigenvalue weighted by molar-refractivity contribution is 7.99. The smallest absolute Gasteiger partial charge is 0.138 e. The molecule has 1 aromatic rings. The first-order valence-electron chi connectivity index (χ1n) is 3.67. The number of benzene rings is 1. The first kappa shape index (κ1) is 10.4. The highest BCUT2D eigenvalue weighted by Gasteiger charge is 2.01. The molecule has 1 nitrogen and oxygen atoms in total. The fourth-order valence-electron chi connectivity index (χ4n) is 0.808. The Hall–Kier alpha value is -0.670. The van der Waals surface area contributed by atoms with Crippen LogP contribution < -0.4 is 5.73 Å². The Balaban J connectivity index is 2.66. The molecule has 4 heteroatoms. The lowest BCUT2D eigenvalue weighted by Gasteiger charge is -2.00. The van der Waals surface area contributed by atoms with Crippen LogP contribution in [0.5, 0.6) is 0 Å². The number of anilines is 1. The lowest BCUT2D eigenvalue weighted by atomic mass is 10.3. The maximum absolute atomic E-state index is 13.1. The molecule has 13 heavy (non-hydrogen) atoms. The van der Waals surface area contributed by atoms with Crippen LogP contribution in [-0.4, -0.2) is 5.75 Å². The minimum atomic E-state index is -0.284. The van der Waals surface area contributed by atoms with Crippen molar-refractivity contribution in [3.63, 3.8) is 0 Å². The molecule has 1 aromatic carbocycles. The highest BCUT2D eigenvalue weighted by Crippen LogP contribution is 2.23. The number of nitrogen functional groups attached to an aromatic ring is 1. The first-order valence-corrected chi connectivity index (χ1v) is 5.09. The summed E-state index contributed by atoms with van der Waals surface area (Å²) in [5.74, 6) is 0.373. The van der Waals surface area contributed by atoms with Crippen molar-refractivity contribution in [1.29, 1.82) is 0 Å². The standard InChI is InChI=1S/C9H9ClFNS/c10-4-1-5-13-9-3-2-7(12)6-8(9)11/h1-4,6H,5,12H2/b4-1+. The van der Waals surface area contributed by atoms with Gasteiger partial charge in [0.25, 0.3) is 0 Å². The van der Waals surface area contributed by atoms with Crippen molar-refractivity contribution in [1.82, 2.24) is 0 Å². The van der Waals surface area contributed by atoms with E-state index >= 15 is 0 Å². The van der Waals surface area contributed by atoms with Gasteiger partial charge in [0.2, 0.25) is 0 Å². The molecule has 0 saturated heterocycles. The van der Waals surface area contributed by atoms with Crippen molar-refractivity contribution in [2.45, 2.75) is 4.90 Å². The number of thioether (sulfide) groups is 1. The monoisotopic (exact) mass is 217 g/mol. The Morgan fingerprint density at radius 2 is 2.31 bits per heavy atom. The molecular weight excluding hydrogens is 209 g/mol. The highest BCUT2D eigenvalue weighted by atomic mass is 35.5. The molecule has 1 rings (SSSR count). The third kappa shape index (κ3) is 3.28. The molecule has 0 amide bonds. The van der Waals surface area contributed by atoms with Crippen molar-refractivity contribution < 1.29 is 4.39 Å². The molecule has 0 heterocycles. The Bertz CT molecular complexity index is 314. The molecule has 0 aliphatic rings. The third-order valence-corrected chi connectivity index (χ3v) is 2.56. The summed E-state index contributed by atoms with van der Waals surface area (Å²) < 4.78 is 13.1. The maximum Gasteiger partial charge on any atom is 0.138 e. The van der Waals surface area contributed by atoms with Crippen molar-refractivity contribution >= 4 is 29.1 Å². The number of nitrogens with two attached hydrogens (primary N) is 1. The van der Waals surface area contributed by atoms with Gasteiger partial charge in [0.15, 0.2) is 0 Å². The van der Waals surface area contributed by atoms with E-state index < -0.39 is 0 Å². The van der Waals surface area contributed by atoms with Gasteiger partial charge in [-0.2, -0.15) is 0 Å². The summed E-state index contributed by atoms with van der Waals surface area (Å²) in [7, 11) is 0. The second-order valence-electron chi connectivity index (χ2n) is 2.36. The van der Waals surface area contributed by atoms with Crippen molar-refractivity contribution in [2.24, 2.45) is 0 Å². The van der Waals surface area contributed by atoms with Gasteiger partial charge >= 0.3 is 0 Å². The molecule has 0 fully saturated rings.